The van der Waals surface area contributed by atoms with Crippen molar-refractivity contribution in [1.82, 2.24) is 14.9 Å². The summed E-state index contributed by atoms with van der Waals surface area (Å²) in [4.78, 5) is 23.6. The number of para-hydroxylation sites is 2. The highest BCUT2D eigenvalue weighted by molar-refractivity contribution is 5.92. The number of hydrogen-bond acceptors (Lipinski definition) is 7. The summed E-state index contributed by atoms with van der Waals surface area (Å²) in [6.45, 7) is 12.4. The normalized spacial score (nSPS) is 12.0. The highest BCUT2D eigenvalue weighted by Gasteiger charge is 2.18. The number of ether oxygens (including phenoxy) is 1. The maximum absolute atomic E-state index is 12.2. The molecule has 8 heteroatoms. The maximum atomic E-state index is 12.2. The molecular formula is C38H44N6O2. The van der Waals surface area contributed by atoms with Crippen molar-refractivity contribution in [2.45, 2.75) is 33.2 Å². The van der Waals surface area contributed by atoms with E-state index in [4.69, 9.17) is 4.74 Å². The molecule has 0 atom stereocenters. The molecule has 0 unspecified atom stereocenters. The lowest BCUT2D eigenvalue weighted by atomic mass is 10.00. The minimum absolute atomic E-state index is 0.0555. The smallest absolute Gasteiger partial charge is 0.238 e. The predicted molar refractivity (Wildman–Crippen MR) is 191 cm³/mol. The van der Waals surface area contributed by atoms with E-state index in [0.29, 0.717) is 18.2 Å². The third-order valence-corrected chi connectivity index (χ3v) is 7.56. The second-order valence-electron chi connectivity index (χ2n) is 10.9. The highest BCUT2D eigenvalue weighted by Crippen LogP contribution is 2.28. The average Bonchev–Trinajstić information content (AvgIpc) is 3.08. The Hall–Kier alpha value is -5.21. The van der Waals surface area contributed by atoms with Gasteiger partial charge in [0, 0.05) is 37.6 Å². The zero-order valence-electron chi connectivity index (χ0n) is 27.3. The molecule has 1 amide bonds. The first kappa shape index (κ1) is 33.7. The summed E-state index contributed by atoms with van der Waals surface area (Å²) in [6.07, 6.45) is 1.96. The number of carbonyl (C=O) groups is 1. The fourth-order valence-electron chi connectivity index (χ4n) is 5.27. The molecule has 0 saturated heterocycles. The molecule has 0 bridgehead atoms. The summed E-state index contributed by atoms with van der Waals surface area (Å²) in [5, 5.41) is 9.42. The van der Waals surface area contributed by atoms with Crippen LogP contribution in [0.5, 0.6) is 5.75 Å². The molecule has 1 aliphatic heterocycles. The number of amides is 1. The standard InChI is InChI=1S/C18H20N4O.C18H20N2O.C2H4/c1-4-12-9-13(11-14(10-12)23-3)20-18-17(19-2)21-15-7-5-6-8-16(15)22-18;1-14-5-4-8-17(11-14)19-18(21)13-20-10-9-15-6-2-3-7-16(15)12-20;1-2/h5-11H,4H2,1-3H3,(H,19,21)(H,20,22);2-8,11H,9-10,12-13H2,1H3,(H,19,21);1-2H2. The zero-order chi connectivity index (χ0) is 32.9. The average molecular weight is 617 g/mol. The molecule has 238 valence electrons. The molecule has 5 aromatic rings. The van der Waals surface area contributed by atoms with Gasteiger partial charge in [0.25, 0.3) is 0 Å². The molecule has 1 aliphatic rings. The molecule has 3 N–H and O–H groups in total. The lowest BCUT2D eigenvalue weighted by Gasteiger charge is -2.28. The van der Waals surface area contributed by atoms with E-state index in [1.54, 1.807) is 7.11 Å². The Morgan fingerprint density at radius 3 is 2.24 bits per heavy atom. The summed E-state index contributed by atoms with van der Waals surface area (Å²) in [5.74, 6) is 2.29. The van der Waals surface area contributed by atoms with Gasteiger partial charge >= 0.3 is 0 Å². The molecule has 2 heterocycles. The van der Waals surface area contributed by atoms with Crippen molar-refractivity contribution in [3.63, 3.8) is 0 Å². The van der Waals surface area contributed by atoms with Crippen molar-refractivity contribution in [2.24, 2.45) is 0 Å². The quantitative estimate of drug-likeness (QED) is 0.153. The van der Waals surface area contributed by atoms with Crippen molar-refractivity contribution >= 4 is 40.0 Å². The van der Waals surface area contributed by atoms with E-state index < -0.39 is 0 Å². The molecule has 46 heavy (non-hydrogen) atoms. The minimum atomic E-state index is 0.0555. The molecular weight excluding hydrogens is 572 g/mol. The van der Waals surface area contributed by atoms with E-state index in [0.717, 1.165) is 59.7 Å². The summed E-state index contributed by atoms with van der Waals surface area (Å²) in [5.41, 5.74) is 8.63. The summed E-state index contributed by atoms with van der Waals surface area (Å²) in [6, 6.07) is 30.3. The van der Waals surface area contributed by atoms with Crippen molar-refractivity contribution < 1.29 is 9.53 Å². The SMILES string of the molecule is C=C.CCc1cc(Nc2nc3ccccc3nc2NC)cc(OC)c1.Cc1cccc(NC(=O)CN2CCc3ccccc3C2)c1. The third-order valence-electron chi connectivity index (χ3n) is 7.56. The van der Waals surface area contributed by atoms with Gasteiger partial charge in [-0.15, -0.1) is 13.2 Å². The molecule has 0 saturated carbocycles. The Balaban J connectivity index is 0.000000199. The van der Waals surface area contributed by atoms with Crippen LogP contribution in [0.25, 0.3) is 11.0 Å². The van der Waals surface area contributed by atoms with Gasteiger partial charge in [-0.05, 0) is 78.4 Å². The first-order valence-corrected chi connectivity index (χ1v) is 15.5. The van der Waals surface area contributed by atoms with Gasteiger partial charge in [-0.2, -0.15) is 0 Å². The second kappa shape index (κ2) is 16.7. The van der Waals surface area contributed by atoms with Crippen LogP contribution in [0.2, 0.25) is 0 Å². The molecule has 1 aromatic heterocycles. The Morgan fingerprint density at radius 1 is 0.870 bits per heavy atom. The second-order valence-corrected chi connectivity index (χ2v) is 10.9. The van der Waals surface area contributed by atoms with Crippen molar-refractivity contribution in [3.8, 4) is 5.75 Å². The first-order valence-electron chi connectivity index (χ1n) is 15.5. The van der Waals surface area contributed by atoms with Crippen molar-refractivity contribution in [3.05, 3.63) is 126 Å². The number of carbonyl (C=O) groups excluding carboxylic acids is 1. The Bertz CT molecular complexity index is 1730. The summed E-state index contributed by atoms with van der Waals surface area (Å²) >= 11 is 0. The van der Waals surface area contributed by atoms with E-state index in [-0.39, 0.29) is 5.91 Å². The molecule has 4 aromatic carbocycles. The Kier molecular flexibility index (Phi) is 12.3. The van der Waals surface area contributed by atoms with Crippen LogP contribution in [0.15, 0.2) is 104 Å². The number of rotatable bonds is 8. The molecule has 6 rings (SSSR count). The molecule has 0 radical (unpaired) electrons. The van der Waals surface area contributed by atoms with E-state index in [9.17, 15) is 4.79 Å². The summed E-state index contributed by atoms with van der Waals surface area (Å²) in [7, 11) is 3.51. The van der Waals surface area contributed by atoms with Crippen LogP contribution in [0, 0.1) is 6.92 Å². The summed E-state index contributed by atoms with van der Waals surface area (Å²) < 4.78 is 5.37. The van der Waals surface area contributed by atoms with Crippen LogP contribution in [-0.4, -0.2) is 48.0 Å². The molecule has 8 nitrogen and oxygen atoms in total. The fraction of sp³-hybridized carbons (Fsp3) is 0.237. The van der Waals surface area contributed by atoms with Gasteiger partial charge in [-0.1, -0.05) is 55.5 Å². The van der Waals surface area contributed by atoms with Gasteiger partial charge in [0.15, 0.2) is 11.6 Å². The number of benzene rings is 4. The van der Waals surface area contributed by atoms with Gasteiger partial charge < -0.3 is 20.7 Å². The van der Waals surface area contributed by atoms with E-state index >= 15 is 0 Å². The topological polar surface area (TPSA) is 91.4 Å². The van der Waals surface area contributed by atoms with Crippen LogP contribution in [0.1, 0.15) is 29.2 Å². The fourth-order valence-corrected chi connectivity index (χ4v) is 5.27. The van der Waals surface area contributed by atoms with Crippen LogP contribution in [0.3, 0.4) is 0 Å². The van der Waals surface area contributed by atoms with Crippen LogP contribution in [0.4, 0.5) is 23.0 Å². The Labute approximate surface area is 272 Å². The van der Waals surface area contributed by atoms with Gasteiger partial charge in [-0.25, -0.2) is 9.97 Å². The first-order chi connectivity index (χ1) is 22.4. The zero-order valence-corrected chi connectivity index (χ0v) is 27.3. The van der Waals surface area contributed by atoms with E-state index in [1.165, 1.54) is 16.7 Å². The Morgan fingerprint density at radius 2 is 1.57 bits per heavy atom. The number of methoxy groups -OCH3 is 1. The molecule has 0 aliphatic carbocycles. The number of nitrogens with one attached hydrogen (secondary N) is 3. The lowest BCUT2D eigenvalue weighted by Crippen LogP contribution is -2.37. The van der Waals surface area contributed by atoms with E-state index in [1.807, 2.05) is 74.6 Å². The molecule has 0 spiro atoms. The minimum Gasteiger partial charge on any atom is -0.497 e. The lowest BCUT2D eigenvalue weighted by molar-refractivity contribution is -0.117. The monoisotopic (exact) mass is 616 g/mol. The number of aromatic nitrogens is 2. The largest absolute Gasteiger partial charge is 0.497 e. The number of aryl methyl sites for hydroxylation is 2. The van der Waals surface area contributed by atoms with Gasteiger partial charge in [-0.3, -0.25) is 9.69 Å². The van der Waals surface area contributed by atoms with Gasteiger partial charge in [0.1, 0.15) is 5.75 Å². The number of nitrogens with zero attached hydrogens (tertiary/aromatic N) is 3. The highest BCUT2D eigenvalue weighted by atomic mass is 16.5. The van der Waals surface area contributed by atoms with Crippen molar-refractivity contribution in [2.75, 3.05) is 43.2 Å². The van der Waals surface area contributed by atoms with Crippen LogP contribution < -0.4 is 20.7 Å². The van der Waals surface area contributed by atoms with Crippen molar-refractivity contribution in [1.29, 1.82) is 0 Å². The number of fused-ring (bicyclic) bond motifs is 2. The van der Waals surface area contributed by atoms with E-state index in [2.05, 4.69) is 81.2 Å². The number of hydrogen-bond donors (Lipinski definition) is 3. The van der Waals surface area contributed by atoms with Gasteiger partial charge in [0.2, 0.25) is 5.91 Å². The predicted octanol–water partition coefficient (Wildman–Crippen LogP) is 7.78. The number of anilines is 4. The van der Waals surface area contributed by atoms with Crippen LogP contribution >= 0.6 is 0 Å². The van der Waals surface area contributed by atoms with Crippen LogP contribution in [-0.2, 0) is 24.2 Å². The molecule has 0 fully saturated rings. The maximum Gasteiger partial charge on any atom is 0.238 e. The third kappa shape index (κ3) is 9.15. The van der Waals surface area contributed by atoms with Gasteiger partial charge in [0.05, 0.1) is 24.7 Å².